The van der Waals surface area contributed by atoms with E-state index in [4.69, 9.17) is 9.47 Å². The van der Waals surface area contributed by atoms with Gasteiger partial charge in [-0.25, -0.2) is 4.79 Å². The zero-order valence-corrected chi connectivity index (χ0v) is 15.1. The summed E-state index contributed by atoms with van der Waals surface area (Å²) >= 11 is 0. The maximum Gasteiger partial charge on any atom is 0.338 e. The van der Waals surface area contributed by atoms with E-state index in [9.17, 15) is 9.59 Å². The Morgan fingerprint density at radius 1 is 1.08 bits per heavy atom. The van der Waals surface area contributed by atoms with Gasteiger partial charge in [0.2, 0.25) is 0 Å². The largest absolute Gasteiger partial charge is 0.481 e. The van der Waals surface area contributed by atoms with Gasteiger partial charge in [0.15, 0.2) is 6.10 Å². The van der Waals surface area contributed by atoms with Crippen LogP contribution < -0.4 is 10.1 Å². The number of hydrogen-bond donors (Lipinski definition) is 1. The van der Waals surface area contributed by atoms with Crippen molar-refractivity contribution in [3.05, 3.63) is 59.2 Å². The van der Waals surface area contributed by atoms with E-state index in [1.54, 1.807) is 38.1 Å². The van der Waals surface area contributed by atoms with E-state index in [1.165, 1.54) is 17.5 Å². The molecule has 1 N–H and O–H groups in total. The molecule has 5 heteroatoms. The van der Waals surface area contributed by atoms with E-state index >= 15 is 0 Å². The van der Waals surface area contributed by atoms with E-state index < -0.39 is 6.10 Å². The Labute approximate surface area is 153 Å². The molecule has 1 aliphatic rings. The molecule has 0 saturated carbocycles. The minimum absolute atomic E-state index is 0.241. The molecule has 1 amide bonds. The van der Waals surface area contributed by atoms with E-state index in [1.807, 2.05) is 12.1 Å². The Hall–Kier alpha value is -2.82. The number of nitrogens with one attached hydrogen (secondary N) is 1. The first kappa shape index (κ1) is 18.0. The van der Waals surface area contributed by atoms with Gasteiger partial charge in [-0.3, -0.25) is 4.79 Å². The fourth-order valence-corrected chi connectivity index (χ4v) is 3.03. The number of amides is 1. The van der Waals surface area contributed by atoms with Crippen molar-refractivity contribution in [1.82, 2.24) is 0 Å². The summed E-state index contributed by atoms with van der Waals surface area (Å²) in [5.41, 5.74) is 3.74. The molecular weight excluding hydrogens is 330 g/mol. The van der Waals surface area contributed by atoms with Crippen LogP contribution in [0.5, 0.6) is 5.75 Å². The van der Waals surface area contributed by atoms with Crippen LogP contribution in [0.1, 0.15) is 41.8 Å². The van der Waals surface area contributed by atoms with Crippen molar-refractivity contribution >= 4 is 17.6 Å². The minimum atomic E-state index is -0.626. The third-order valence-corrected chi connectivity index (χ3v) is 4.42. The SMILES string of the molecule is CCOC(=O)c1ccc(NC(=O)C(C)Oc2ccc3c(c2)CCC3)cc1. The Kier molecular flexibility index (Phi) is 5.56. The van der Waals surface area contributed by atoms with Gasteiger partial charge in [-0.2, -0.15) is 0 Å². The summed E-state index contributed by atoms with van der Waals surface area (Å²) in [7, 11) is 0. The van der Waals surface area contributed by atoms with Crippen molar-refractivity contribution in [2.24, 2.45) is 0 Å². The number of carbonyl (C=O) groups is 2. The maximum atomic E-state index is 12.3. The quantitative estimate of drug-likeness (QED) is 0.803. The fraction of sp³-hybridized carbons (Fsp3) is 0.333. The topological polar surface area (TPSA) is 64.6 Å². The molecular formula is C21H23NO4. The molecule has 26 heavy (non-hydrogen) atoms. The summed E-state index contributed by atoms with van der Waals surface area (Å²) in [4.78, 5) is 24.0. The molecule has 1 aliphatic carbocycles. The third-order valence-electron chi connectivity index (χ3n) is 4.42. The van der Waals surface area contributed by atoms with Gasteiger partial charge >= 0.3 is 5.97 Å². The fourth-order valence-electron chi connectivity index (χ4n) is 3.03. The number of esters is 1. The number of hydrogen-bond acceptors (Lipinski definition) is 4. The molecule has 136 valence electrons. The molecule has 0 bridgehead atoms. The van der Waals surface area contributed by atoms with Crippen LogP contribution in [-0.2, 0) is 22.4 Å². The van der Waals surface area contributed by atoms with Gasteiger partial charge in [-0.15, -0.1) is 0 Å². The molecule has 0 heterocycles. The average molecular weight is 353 g/mol. The summed E-state index contributed by atoms with van der Waals surface area (Å²) in [5.74, 6) is 0.0963. The van der Waals surface area contributed by atoms with Crippen molar-refractivity contribution in [2.45, 2.75) is 39.2 Å². The zero-order valence-electron chi connectivity index (χ0n) is 15.1. The van der Waals surface area contributed by atoms with Crippen LogP contribution in [0.4, 0.5) is 5.69 Å². The highest BCUT2D eigenvalue weighted by molar-refractivity contribution is 5.95. The molecule has 1 atom stereocenters. The molecule has 0 radical (unpaired) electrons. The van der Waals surface area contributed by atoms with E-state index in [-0.39, 0.29) is 11.9 Å². The van der Waals surface area contributed by atoms with E-state index in [0.717, 1.165) is 12.8 Å². The molecule has 0 aliphatic heterocycles. The Morgan fingerprint density at radius 2 is 1.81 bits per heavy atom. The van der Waals surface area contributed by atoms with Crippen molar-refractivity contribution < 1.29 is 19.1 Å². The van der Waals surface area contributed by atoms with Crippen LogP contribution in [-0.4, -0.2) is 24.6 Å². The number of aryl methyl sites for hydroxylation is 2. The van der Waals surface area contributed by atoms with E-state index in [2.05, 4.69) is 11.4 Å². The number of fused-ring (bicyclic) bond motifs is 1. The van der Waals surface area contributed by atoms with Gasteiger partial charge in [-0.05, 0) is 80.6 Å². The van der Waals surface area contributed by atoms with Gasteiger partial charge in [0.05, 0.1) is 12.2 Å². The van der Waals surface area contributed by atoms with Crippen LogP contribution in [0.3, 0.4) is 0 Å². The van der Waals surface area contributed by atoms with Gasteiger partial charge in [0.25, 0.3) is 5.91 Å². The van der Waals surface area contributed by atoms with Gasteiger partial charge < -0.3 is 14.8 Å². The highest BCUT2D eigenvalue weighted by atomic mass is 16.5. The first-order valence-corrected chi connectivity index (χ1v) is 8.93. The van der Waals surface area contributed by atoms with Crippen molar-refractivity contribution in [3.8, 4) is 5.75 Å². The maximum absolute atomic E-state index is 12.3. The van der Waals surface area contributed by atoms with Gasteiger partial charge in [0, 0.05) is 5.69 Å². The molecule has 0 fully saturated rings. The highest BCUT2D eigenvalue weighted by Gasteiger charge is 2.17. The minimum Gasteiger partial charge on any atom is -0.481 e. The van der Waals surface area contributed by atoms with E-state index in [0.29, 0.717) is 23.6 Å². The lowest BCUT2D eigenvalue weighted by Gasteiger charge is -2.15. The average Bonchev–Trinajstić information content (AvgIpc) is 3.10. The monoisotopic (exact) mass is 353 g/mol. The second kappa shape index (κ2) is 8.04. The third kappa shape index (κ3) is 4.23. The summed E-state index contributed by atoms with van der Waals surface area (Å²) in [5, 5.41) is 2.80. The van der Waals surface area contributed by atoms with Crippen LogP contribution in [0.25, 0.3) is 0 Å². The number of ether oxygens (including phenoxy) is 2. The molecule has 0 aromatic heterocycles. The molecule has 0 spiro atoms. The Balaban J connectivity index is 1.58. The number of anilines is 1. The van der Waals surface area contributed by atoms with Crippen molar-refractivity contribution in [1.29, 1.82) is 0 Å². The lowest BCUT2D eigenvalue weighted by molar-refractivity contribution is -0.122. The first-order chi connectivity index (χ1) is 12.6. The molecule has 1 unspecified atom stereocenters. The van der Waals surface area contributed by atoms with Gasteiger partial charge in [-0.1, -0.05) is 6.07 Å². The van der Waals surface area contributed by atoms with Crippen LogP contribution in [0.15, 0.2) is 42.5 Å². The number of benzene rings is 2. The van der Waals surface area contributed by atoms with Crippen molar-refractivity contribution in [3.63, 3.8) is 0 Å². The Bertz CT molecular complexity index is 798. The predicted octanol–water partition coefficient (Wildman–Crippen LogP) is 3.76. The smallest absolute Gasteiger partial charge is 0.338 e. The number of rotatable bonds is 6. The summed E-state index contributed by atoms with van der Waals surface area (Å²) in [6.45, 7) is 3.80. The van der Waals surface area contributed by atoms with Gasteiger partial charge in [0.1, 0.15) is 5.75 Å². The molecule has 2 aromatic rings. The zero-order chi connectivity index (χ0) is 18.5. The lowest BCUT2D eigenvalue weighted by atomic mass is 10.1. The predicted molar refractivity (Wildman–Crippen MR) is 99.6 cm³/mol. The molecule has 5 nitrogen and oxygen atoms in total. The first-order valence-electron chi connectivity index (χ1n) is 8.93. The van der Waals surface area contributed by atoms with Crippen LogP contribution in [0, 0.1) is 0 Å². The lowest BCUT2D eigenvalue weighted by Crippen LogP contribution is -2.30. The molecule has 0 saturated heterocycles. The molecule has 2 aromatic carbocycles. The van der Waals surface area contributed by atoms with Crippen LogP contribution >= 0.6 is 0 Å². The summed E-state index contributed by atoms with van der Waals surface area (Å²) in [6, 6.07) is 12.6. The summed E-state index contributed by atoms with van der Waals surface area (Å²) < 4.78 is 10.7. The Morgan fingerprint density at radius 3 is 2.54 bits per heavy atom. The molecule has 3 rings (SSSR count). The highest BCUT2D eigenvalue weighted by Crippen LogP contribution is 2.26. The van der Waals surface area contributed by atoms with Crippen LogP contribution in [0.2, 0.25) is 0 Å². The second-order valence-electron chi connectivity index (χ2n) is 6.33. The second-order valence-corrected chi connectivity index (χ2v) is 6.33. The summed E-state index contributed by atoms with van der Waals surface area (Å²) in [6.07, 6.45) is 2.74. The standard InChI is InChI=1S/C21H23NO4/c1-3-25-21(24)16-7-10-18(11-8-16)22-20(23)14(2)26-19-12-9-15-5-4-6-17(15)13-19/h7-14H,3-6H2,1-2H3,(H,22,23). The normalized spacial score (nSPS) is 13.6. The van der Waals surface area contributed by atoms with Crippen molar-refractivity contribution in [2.75, 3.05) is 11.9 Å². The number of carbonyl (C=O) groups excluding carboxylic acids is 2.